The van der Waals surface area contributed by atoms with Gasteiger partial charge in [-0.3, -0.25) is 19.3 Å². The summed E-state index contributed by atoms with van der Waals surface area (Å²) in [4.78, 5) is 51.9. The van der Waals surface area contributed by atoms with Crippen LogP contribution in [0.2, 0.25) is 0 Å². The number of hydrogen-bond donors (Lipinski definition) is 1. The molecule has 5 amide bonds. The van der Waals surface area contributed by atoms with Crippen molar-refractivity contribution in [2.45, 2.75) is 6.42 Å². The first kappa shape index (κ1) is 20.4. The number of rotatable bonds is 6. The maximum absolute atomic E-state index is 12.5. The molecule has 0 radical (unpaired) electrons. The van der Waals surface area contributed by atoms with Crippen LogP contribution in [0, 0.1) is 0 Å². The molecule has 2 aliphatic rings. The summed E-state index contributed by atoms with van der Waals surface area (Å²) in [5.74, 6) is -1.54. The molecule has 2 aromatic rings. The molecule has 2 aliphatic heterocycles. The molecule has 1 saturated heterocycles. The summed E-state index contributed by atoms with van der Waals surface area (Å²) in [6.45, 7) is 0.332. The van der Waals surface area contributed by atoms with Crippen LogP contribution >= 0.6 is 27.3 Å². The Kier molecular flexibility index (Phi) is 5.73. The van der Waals surface area contributed by atoms with E-state index >= 15 is 0 Å². The predicted octanol–water partition coefficient (Wildman–Crippen LogP) is 2.25. The third-order valence-electron chi connectivity index (χ3n) is 4.50. The van der Waals surface area contributed by atoms with Gasteiger partial charge in [-0.1, -0.05) is 6.07 Å². The quantitative estimate of drug-likeness (QED) is 0.488. The Labute approximate surface area is 183 Å². The van der Waals surface area contributed by atoms with E-state index in [1.54, 1.807) is 12.1 Å². The second-order valence-corrected chi connectivity index (χ2v) is 8.37. The molecule has 0 atom stereocenters. The van der Waals surface area contributed by atoms with Gasteiger partial charge in [-0.2, -0.15) is 0 Å². The van der Waals surface area contributed by atoms with E-state index in [-0.39, 0.29) is 6.54 Å². The standard InChI is InChI=1S/C19H16BrN3O6S/c20-12-8-14-15(29-6-5-28-14)9-13(12)21-16(24)10-23-18(26)17(25)22(19(23)27)4-3-11-2-1-7-30-11/h1-2,7-9H,3-6,10H2,(H,21,24). The van der Waals surface area contributed by atoms with Gasteiger partial charge in [0.1, 0.15) is 19.8 Å². The highest BCUT2D eigenvalue weighted by molar-refractivity contribution is 9.10. The fraction of sp³-hybridized carbons (Fsp3) is 0.263. The Hall–Kier alpha value is -2.92. The Morgan fingerprint density at radius 3 is 2.50 bits per heavy atom. The molecule has 4 rings (SSSR count). The minimum atomic E-state index is -1.01. The summed E-state index contributed by atoms with van der Waals surface area (Å²) >= 11 is 4.84. The number of halogens is 1. The lowest BCUT2D eigenvalue weighted by Crippen LogP contribution is -2.39. The van der Waals surface area contributed by atoms with E-state index in [0.717, 1.165) is 9.78 Å². The third kappa shape index (κ3) is 4.03. The molecule has 0 bridgehead atoms. The first-order chi connectivity index (χ1) is 14.4. The van der Waals surface area contributed by atoms with Gasteiger partial charge in [-0.05, 0) is 27.4 Å². The van der Waals surface area contributed by atoms with Crippen molar-refractivity contribution in [3.63, 3.8) is 0 Å². The smallest absolute Gasteiger partial charge is 0.334 e. The van der Waals surface area contributed by atoms with E-state index in [9.17, 15) is 19.2 Å². The summed E-state index contributed by atoms with van der Waals surface area (Å²) in [5, 5.41) is 4.51. The first-order valence-corrected chi connectivity index (χ1v) is 10.7. The zero-order chi connectivity index (χ0) is 21.3. The molecule has 9 nitrogen and oxygen atoms in total. The molecule has 0 aliphatic carbocycles. The van der Waals surface area contributed by atoms with Gasteiger partial charge in [-0.15, -0.1) is 11.3 Å². The van der Waals surface area contributed by atoms with Gasteiger partial charge in [0.2, 0.25) is 5.91 Å². The van der Waals surface area contributed by atoms with E-state index in [1.165, 1.54) is 11.3 Å². The fourth-order valence-corrected chi connectivity index (χ4v) is 4.18. The van der Waals surface area contributed by atoms with Crippen LogP contribution in [0.3, 0.4) is 0 Å². The van der Waals surface area contributed by atoms with E-state index in [1.807, 2.05) is 17.5 Å². The molecule has 11 heteroatoms. The van der Waals surface area contributed by atoms with Gasteiger partial charge in [0.25, 0.3) is 0 Å². The number of benzene rings is 1. The molecular weight excluding hydrogens is 478 g/mol. The summed E-state index contributed by atoms with van der Waals surface area (Å²) in [7, 11) is 0. The van der Waals surface area contributed by atoms with Crippen molar-refractivity contribution in [2.75, 3.05) is 31.6 Å². The number of thiophene rings is 1. The molecule has 30 heavy (non-hydrogen) atoms. The maximum atomic E-state index is 12.5. The molecule has 1 fully saturated rings. The number of anilines is 1. The van der Waals surface area contributed by atoms with Gasteiger partial charge < -0.3 is 14.8 Å². The molecule has 156 valence electrons. The molecule has 1 N–H and O–H groups in total. The molecule has 1 aromatic heterocycles. The minimum absolute atomic E-state index is 0.0791. The minimum Gasteiger partial charge on any atom is -0.486 e. The fourth-order valence-electron chi connectivity index (χ4n) is 3.06. The maximum Gasteiger partial charge on any atom is 0.334 e. The number of carbonyl (C=O) groups is 4. The number of ether oxygens (including phenoxy) is 2. The number of urea groups is 1. The average molecular weight is 494 g/mol. The molecule has 0 unspecified atom stereocenters. The highest BCUT2D eigenvalue weighted by Crippen LogP contribution is 2.38. The van der Waals surface area contributed by atoms with Gasteiger partial charge in [0, 0.05) is 34.4 Å². The predicted molar refractivity (Wildman–Crippen MR) is 111 cm³/mol. The summed E-state index contributed by atoms with van der Waals surface area (Å²) in [6, 6.07) is 6.20. The summed E-state index contributed by atoms with van der Waals surface area (Å²) in [6.07, 6.45) is 0.451. The van der Waals surface area contributed by atoms with Crippen LogP contribution in [0.1, 0.15) is 4.88 Å². The lowest BCUT2D eigenvalue weighted by atomic mass is 10.2. The van der Waals surface area contributed by atoms with Gasteiger partial charge in [-0.25, -0.2) is 9.69 Å². The summed E-state index contributed by atoms with van der Waals surface area (Å²) < 4.78 is 11.5. The largest absolute Gasteiger partial charge is 0.486 e. The van der Waals surface area contributed by atoms with Crippen LogP contribution < -0.4 is 14.8 Å². The Morgan fingerprint density at radius 1 is 1.10 bits per heavy atom. The number of nitrogens with one attached hydrogen (secondary N) is 1. The van der Waals surface area contributed by atoms with E-state index in [0.29, 0.717) is 46.2 Å². The van der Waals surface area contributed by atoms with Crippen LogP contribution in [-0.2, 0) is 20.8 Å². The Bertz CT molecular complexity index is 1030. The van der Waals surface area contributed by atoms with Gasteiger partial charge in [0.15, 0.2) is 11.5 Å². The summed E-state index contributed by atoms with van der Waals surface area (Å²) in [5.41, 5.74) is 0.393. The second kappa shape index (κ2) is 8.44. The lowest BCUT2D eigenvalue weighted by Gasteiger charge is -2.20. The van der Waals surface area contributed by atoms with Crippen molar-refractivity contribution in [3.8, 4) is 11.5 Å². The van der Waals surface area contributed by atoms with E-state index < -0.39 is 30.3 Å². The highest BCUT2D eigenvalue weighted by Gasteiger charge is 2.44. The van der Waals surface area contributed by atoms with Crippen molar-refractivity contribution in [1.29, 1.82) is 0 Å². The number of hydrogen-bond acceptors (Lipinski definition) is 7. The molecule has 3 heterocycles. The molecule has 1 aromatic carbocycles. The van der Waals surface area contributed by atoms with Gasteiger partial charge >= 0.3 is 17.8 Å². The van der Waals surface area contributed by atoms with E-state index in [2.05, 4.69) is 21.2 Å². The van der Waals surface area contributed by atoms with Crippen molar-refractivity contribution in [2.24, 2.45) is 0 Å². The number of imide groups is 2. The number of amides is 5. The zero-order valence-electron chi connectivity index (χ0n) is 15.6. The zero-order valence-corrected chi connectivity index (χ0v) is 18.0. The SMILES string of the molecule is O=C(CN1C(=O)C(=O)N(CCc2cccs2)C1=O)Nc1cc2c(cc1Br)OCCO2. The van der Waals surface area contributed by atoms with Crippen LogP contribution in [0.5, 0.6) is 11.5 Å². The number of carbonyl (C=O) groups excluding carboxylic acids is 4. The van der Waals surface area contributed by atoms with Crippen LogP contribution in [-0.4, -0.2) is 59.9 Å². The highest BCUT2D eigenvalue weighted by atomic mass is 79.9. The van der Waals surface area contributed by atoms with Gasteiger partial charge in [0.05, 0.1) is 5.69 Å². The third-order valence-corrected chi connectivity index (χ3v) is 6.10. The Balaban J connectivity index is 1.41. The van der Waals surface area contributed by atoms with Crippen LogP contribution in [0.15, 0.2) is 34.1 Å². The Morgan fingerprint density at radius 2 is 1.80 bits per heavy atom. The molecular formula is C19H16BrN3O6S. The second-order valence-electron chi connectivity index (χ2n) is 6.48. The van der Waals surface area contributed by atoms with Crippen LogP contribution in [0.25, 0.3) is 0 Å². The van der Waals surface area contributed by atoms with Crippen molar-refractivity contribution in [1.82, 2.24) is 9.80 Å². The molecule has 0 spiro atoms. The van der Waals surface area contributed by atoms with Crippen molar-refractivity contribution < 1.29 is 28.7 Å². The van der Waals surface area contributed by atoms with E-state index in [4.69, 9.17) is 9.47 Å². The number of fused-ring (bicyclic) bond motifs is 1. The first-order valence-electron chi connectivity index (χ1n) is 9.02. The van der Waals surface area contributed by atoms with Crippen molar-refractivity contribution in [3.05, 3.63) is 39.0 Å². The van der Waals surface area contributed by atoms with Crippen molar-refractivity contribution >= 4 is 56.7 Å². The number of nitrogens with zero attached hydrogens (tertiary/aromatic N) is 2. The molecule has 0 saturated carbocycles. The normalized spacial score (nSPS) is 15.7. The monoisotopic (exact) mass is 493 g/mol. The lowest BCUT2D eigenvalue weighted by molar-refractivity contribution is -0.143. The van der Waals surface area contributed by atoms with Crippen LogP contribution in [0.4, 0.5) is 10.5 Å². The average Bonchev–Trinajstić information content (AvgIpc) is 3.31. The topological polar surface area (TPSA) is 105 Å².